The van der Waals surface area contributed by atoms with E-state index in [-0.39, 0.29) is 6.61 Å². The van der Waals surface area contributed by atoms with Gasteiger partial charge in [0.15, 0.2) is 6.34 Å². The molecule has 0 spiro atoms. The van der Waals surface area contributed by atoms with Gasteiger partial charge >= 0.3 is 6.09 Å². The summed E-state index contributed by atoms with van der Waals surface area (Å²) in [6.07, 6.45) is 0.707. The van der Waals surface area contributed by atoms with E-state index in [9.17, 15) is 4.79 Å². The van der Waals surface area contributed by atoms with Crippen LogP contribution in [0.25, 0.3) is 0 Å². The van der Waals surface area contributed by atoms with Crippen LogP contribution in [0.3, 0.4) is 0 Å². The summed E-state index contributed by atoms with van der Waals surface area (Å²) in [6.45, 7) is 3.61. The Hall–Kier alpha value is -1.43. The maximum Gasteiger partial charge on any atom is 0.555 e. The molecular weight excluding hydrogens is 289 g/mol. The van der Waals surface area contributed by atoms with Gasteiger partial charge in [0, 0.05) is 6.92 Å². The second kappa shape index (κ2) is 5.28. The fraction of sp³-hybridized carbons (Fsp3) is 0.250. The Morgan fingerprint density at radius 2 is 2.00 bits per heavy atom. The third-order valence-electron chi connectivity index (χ3n) is 2.73. The molecule has 7 heteroatoms. The van der Waals surface area contributed by atoms with Crippen LogP contribution in [0.15, 0.2) is 28.3 Å². The molecule has 100 valence electrons. The van der Waals surface area contributed by atoms with Gasteiger partial charge in [-0.05, 0) is 28.7 Å². The second-order valence-corrected chi connectivity index (χ2v) is 4.63. The van der Waals surface area contributed by atoms with Crippen LogP contribution in [-0.4, -0.2) is 24.9 Å². The highest BCUT2D eigenvalue weighted by molar-refractivity contribution is 6.40. The van der Waals surface area contributed by atoms with Crippen LogP contribution in [0.2, 0.25) is 10.0 Å². The number of ether oxygens (including phenoxy) is 1. The number of hydrogen-bond acceptors (Lipinski definition) is 4. The number of rotatable bonds is 2. The third-order valence-corrected chi connectivity index (χ3v) is 3.34. The van der Waals surface area contributed by atoms with E-state index in [2.05, 4.69) is 10.1 Å². The molecule has 1 aromatic carbocycles. The molecule has 0 N–H and O–H groups in total. The van der Waals surface area contributed by atoms with E-state index in [1.54, 1.807) is 32.0 Å². The highest BCUT2D eigenvalue weighted by Gasteiger charge is 2.51. The highest BCUT2D eigenvalue weighted by atomic mass is 35.5. The van der Waals surface area contributed by atoms with Crippen LogP contribution < -0.4 is 4.59 Å². The number of hydrogen-bond donors (Lipinski definition) is 0. The van der Waals surface area contributed by atoms with Crippen LogP contribution in [0, 0.1) is 0 Å². The van der Waals surface area contributed by atoms with Gasteiger partial charge < -0.3 is 4.74 Å². The number of halogens is 2. The number of nitrogens with zero attached hydrogens (tertiary/aromatic N) is 3. The normalized spacial score (nSPS) is 21.4. The number of amides is 1. The maximum absolute atomic E-state index is 12.3. The lowest BCUT2D eigenvalue weighted by Gasteiger charge is -2.24. The molecule has 0 aromatic heterocycles. The number of quaternary nitrogens is 1. The summed E-state index contributed by atoms with van der Waals surface area (Å²) in [6, 6.07) is 4.98. The Bertz CT molecular complexity index is 566. The molecule has 2 rings (SSSR count). The van der Waals surface area contributed by atoms with E-state index < -0.39 is 10.7 Å². The molecule has 1 atom stereocenters. The second-order valence-electron chi connectivity index (χ2n) is 3.81. The van der Waals surface area contributed by atoms with Crippen molar-refractivity contribution in [1.29, 1.82) is 0 Å². The average Bonchev–Trinajstić information content (AvgIpc) is 2.72. The van der Waals surface area contributed by atoms with Crippen molar-refractivity contribution in [2.24, 2.45) is 10.1 Å². The van der Waals surface area contributed by atoms with Gasteiger partial charge in [-0.25, -0.2) is 0 Å². The van der Waals surface area contributed by atoms with Gasteiger partial charge in [-0.1, -0.05) is 29.3 Å². The molecule has 1 aliphatic rings. The fourth-order valence-electron chi connectivity index (χ4n) is 1.86. The minimum atomic E-state index is -0.590. The molecule has 1 amide bonds. The summed E-state index contributed by atoms with van der Waals surface area (Å²) in [5.74, 6) is 0.424. The van der Waals surface area contributed by atoms with Gasteiger partial charge in [0.1, 0.15) is 10.0 Å². The predicted molar refractivity (Wildman–Crippen MR) is 76.9 cm³/mol. The molecule has 0 radical (unpaired) electrons. The number of aliphatic imine (C=N–C) groups is 1. The zero-order valence-corrected chi connectivity index (χ0v) is 11.9. The zero-order valence-electron chi connectivity index (χ0n) is 10.4. The molecule has 1 unspecified atom stereocenters. The summed E-state index contributed by atoms with van der Waals surface area (Å²) in [7, 11) is 0. The van der Waals surface area contributed by atoms with Crippen molar-refractivity contribution < 1.29 is 9.53 Å². The minimum Gasteiger partial charge on any atom is -0.418 e. The standard InChI is InChI=1S/C12H12Cl2N3O2/c1-3-19-12(18)17(8(2)15-7-16-17)11-9(13)5-4-6-10(11)14/h4-7H,3H2,1-2H3/q+1. The van der Waals surface area contributed by atoms with E-state index in [1.807, 2.05) is 0 Å². The smallest absolute Gasteiger partial charge is 0.418 e. The molecule has 0 aliphatic carbocycles. The highest BCUT2D eigenvalue weighted by Crippen LogP contribution is 2.40. The fourth-order valence-corrected chi connectivity index (χ4v) is 2.50. The van der Waals surface area contributed by atoms with Gasteiger partial charge in [0.05, 0.1) is 6.61 Å². The van der Waals surface area contributed by atoms with E-state index in [4.69, 9.17) is 27.9 Å². The molecule has 0 saturated carbocycles. The molecule has 19 heavy (non-hydrogen) atoms. The summed E-state index contributed by atoms with van der Waals surface area (Å²) >= 11 is 12.3. The number of benzene rings is 1. The minimum absolute atomic E-state index is 0.226. The Balaban J connectivity index is 2.67. The van der Waals surface area contributed by atoms with Gasteiger partial charge in [0.2, 0.25) is 11.5 Å². The lowest BCUT2D eigenvalue weighted by atomic mass is 10.2. The van der Waals surface area contributed by atoms with E-state index >= 15 is 0 Å². The first-order valence-electron chi connectivity index (χ1n) is 5.64. The largest absolute Gasteiger partial charge is 0.555 e. The predicted octanol–water partition coefficient (Wildman–Crippen LogP) is 3.83. The van der Waals surface area contributed by atoms with Crippen molar-refractivity contribution >= 4 is 47.2 Å². The van der Waals surface area contributed by atoms with Gasteiger partial charge in [-0.15, -0.1) is 0 Å². The number of carbonyl (C=O) groups is 1. The number of carbonyl (C=O) groups excluding carboxylic acids is 1. The summed E-state index contributed by atoms with van der Waals surface area (Å²) in [5.41, 5.74) is 0.347. The molecule has 1 heterocycles. The number of amidine groups is 1. The number of para-hydroxylation sites is 1. The van der Waals surface area contributed by atoms with Crippen LogP contribution in [0.5, 0.6) is 0 Å². The Labute approximate surface area is 120 Å². The molecule has 0 fully saturated rings. The lowest BCUT2D eigenvalue weighted by molar-refractivity contribution is 0.130. The molecule has 0 saturated heterocycles. The van der Waals surface area contributed by atoms with Gasteiger partial charge in [0.25, 0.3) is 0 Å². The molecule has 1 aliphatic heterocycles. The zero-order chi connectivity index (χ0) is 14.0. The van der Waals surface area contributed by atoms with E-state index in [1.165, 1.54) is 6.34 Å². The van der Waals surface area contributed by atoms with Gasteiger partial charge in [-0.3, -0.25) is 0 Å². The Morgan fingerprint density at radius 1 is 1.37 bits per heavy atom. The summed E-state index contributed by atoms with van der Waals surface area (Å²) in [5, 5.41) is 4.78. The van der Waals surface area contributed by atoms with Crippen molar-refractivity contribution in [2.75, 3.05) is 6.61 Å². The quantitative estimate of drug-likeness (QED) is 0.779. The summed E-state index contributed by atoms with van der Waals surface area (Å²) in [4.78, 5) is 16.4. The summed E-state index contributed by atoms with van der Waals surface area (Å²) < 4.78 is 4.51. The van der Waals surface area contributed by atoms with Crippen LogP contribution >= 0.6 is 23.2 Å². The first-order chi connectivity index (χ1) is 9.04. The molecule has 1 aromatic rings. The van der Waals surface area contributed by atoms with Gasteiger partial charge in [-0.2, -0.15) is 9.79 Å². The molecule has 0 bridgehead atoms. The van der Waals surface area contributed by atoms with E-state index in [0.717, 1.165) is 0 Å². The monoisotopic (exact) mass is 300 g/mol. The SMILES string of the molecule is CCOC(=O)[N+]1(c2c(Cl)cccc2Cl)N=CN=C1C. The van der Waals surface area contributed by atoms with Crippen LogP contribution in [0.1, 0.15) is 13.8 Å². The van der Waals surface area contributed by atoms with Crippen LogP contribution in [0.4, 0.5) is 10.5 Å². The van der Waals surface area contributed by atoms with Crippen molar-refractivity contribution in [2.45, 2.75) is 13.8 Å². The first-order valence-corrected chi connectivity index (χ1v) is 6.39. The maximum atomic E-state index is 12.3. The first kappa shape index (κ1) is 14.0. The molecular formula is C12H12Cl2N3O2+. The average molecular weight is 301 g/mol. The van der Waals surface area contributed by atoms with Crippen molar-refractivity contribution in [3.63, 3.8) is 0 Å². The third kappa shape index (κ3) is 2.14. The van der Waals surface area contributed by atoms with E-state index in [0.29, 0.717) is 21.6 Å². The van der Waals surface area contributed by atoms with Crippen molar-refractivity contribution in [1.82, 2.24) is 4.59 Å². The van der Waals surface area contributed by atoms with Crippen LogP contribution in [-0.2, 0) is 4.74 Å². The Morgan fingerprint density at radius 3 is 2.47 bits per heavy atom. The lowest BCUT2D eigenvalue weighted by Crippen LogP contribution is -2.52. The topological polar surface area (TPSA) is 51.0 Å². The van der Waals surface area contributed by atoms with Crippen molar-refractivity contribution in [3.05, 3.63) is 28.2 Å². The van der Waals surface area contributed by atoms with Crippen molar-refractivity contribution in [3.8, 4) is 0 Å². The Kier molecular flexibility index (Phi) is 3.89. The molecule has 5 nitrogen and oxygen atoms in total.